The average molecular weight is 510 g/mol. The number of nitrogens with zero attached hydrogens (tertiary/aromatic N) is 1. The van der Waals surface area contributed by atoms with E-state index in [1.165, 1.54) is 12.0 Å². The quantitative estimate of drug-likeness (QED) is 0.220. The highest BCUT2D eigenvalue weighted by Gasteiger charge is 2.41. The predicted octanol–water partition coefficient (Wildman–Crippen LogP) is 6.03. The van der Waals surface area contributed by atoms with Gasteiger partial charge in [-0.1, -0.05) is 90.2 Å². The molecule has 1 aliphatic heterocycles. The van der Waals surface area contributed by atoms with Crippen LogP contribution in [0.15, 0.2) is 83.8 Å². The van der Waals surface area contributed by atoms with E-state index < -0.39 is 12.0 Å². The van der Waals surface area contributed by atoms with E-state index in [0.717, 1.165) is 22.9 Å². The Labute approximate surface area is 212 Å². The van der Waals surface area contributed by atoms with Crippen LogP contribution in [0.3, 0.4) is 0 Å². The van der Waals surface area contributed by atoms with Crippen molar-refractivity contribution in [3.05, 3.63) is 105 Å². The first-order valence-corrected chi connectivity index (χ1v) is 11.9. The lowest BCUT2D eigenvalue weighted by molar-refractivity contribution is -0.148. The van der Waals surface area contributed by atoms with Crippen molar-refractivity contribution in [1.82, 2.24) is 4.90 Å². The van der Waals surface area contributed by atoms with Gasteiger partial charge in [-0.05, 0) is 47.0 Å². The van der Waals surface area contributed by atoms with Crippen LogP contribution < -0.4 is 4.74 Å². The summed E-state index contributed by atoms with van der Waals surface area (Å²) in [7, 11) is 1.29. The summed E-state index contributed by atoms with van der Waals surface area (Å²) in [6, 6.07) is 22.9. The zero-order chi connectivity index (χ0) is 24.1. The highest BCUT2D eigenvalue weighted by Crippen LogP contribution is 2.38. The number of hydrogen-bond donors (Lipinski definition) is 0. The molecule has 8 heteroatoms. The summed E-state index contributed by atoms with van der Waals surface area (Å²) >= 11 is 12.5. The molecule has 1 aliphatic rings. The van der Waals surface area contributed by atoms with Crippen molar-refractivity contribution in [3.63, 3.8) is 0 Å². The molecule has 1 heterocycles. The van der Waals surface area contributed by atoms with E-state index in [9.17, 15) is 9.59 Å². The number of hydrogen-bond acceptors (Lipinski definition) is 6. The third-order valence-electron chi connectivity index (χ3n) is 5.12. The summed E-state index contributed by atoms with van der Waals surface area (Å²) < 4.78 is 11.1. The number of carbonyl (C=O) groups is 2. The number of esters is 1. The second kappa shape index (κ2) is 10.9. The van der Waals surface area contributed by atoms with Crippen molar-refractivity contribution in [2.45, 2.75) is 12.6 Å². The van der Waals surface area contributed by atoms with Crippen molar-refractivity contribution in [1.29, 1.82) is 0 Å². The number of thioether (sulfide) groups is 1. The Hall–Kier alpha value is -3.13. The van der Waals surface area contributed by atoms with Crippen LogP contribution in [0, 0.1) is 0 Å². The summed E-state index contributed by atoms with van der Waals surface area (Å²) in [4.78, 5) is 27.5. The van der Waals surface area contributed by atoms with Crippen molar-refractivity contribution in [2.75, 3.05) is 7.11 Å². The predicted molar refractivity (Wildman–Crippen MR) is 138 cm³/mol. The van der Waals surface area contributed by atoms with Crippen LogP contribution in [-0.4, -0.2) is 28.2 Å². The Kier molecular flexibility index (Phi) is 7.67. The number of rotatable bonds is 7. The molecule has 1 unspecified atom stereocenters. The first-order chi connectivity index (χ1) is 16.5. The topological polar surface area (TPSA) is 55.8 Å². The standard InChI is InChI=1S/C26H20ClNO4S2/c1-31-25(30)23(19-5-3-2-4-6-19)28-24(29)22(34-26(28)33)15-17-9-13-21(14-10-17)32-16-18-7-11-20(27)12-8-18/h2-15,23H,16H2,1H3/b22-15-. The second-order valence-electron chi connectivity index (χ2n) is 7.37. The minimum absolute atomic E-state index is 0.304. The van der Waals surface area contributed by atoms with E-state index in [0.29, 0.717) is 32.2 Å². The Balaban J connectivity index is 1.49. The van der Waals surface area contributed by atoms with Gasteiger partial charge in [-0.3, -0.25) is 9.69 Å². The smallest absolute Gasteiger partial charge is 0.333 e. The lowest BCUT2D eigenvalue weighted by atomic mass is 10.1. The van der Waals surface area contributed by atoms with E-state index in [1.807, 2.05) is 54.6 Å². The number of amides is 1. The molecule has 34 heavy (non-hydrogen) atoms. The molecule has 172 valence electrons. The fourth-order valence-corrected chi connectivity index (χ4v) is 4.84. The van der Waals surface area contributed by atoms with Crippen LogP contribution in [0.1, 0.15) is 22.7 Å². The maximum Gasteiger partial charge on any atom is 0.333 e. The first-order valence-electron chi connectivity index (χ1n) is 10.3. The van der Waals surface area contributed by atoms with E-state index in [-0.39, 0.29) is 5.91 Å². The fourth-order valence-electron chi connectivity index (χ4n) is 3.40. The van der Waals surface area contributed by atoms with Crippen LogP contribution in [0.4, 0.5) is 0 Å². The van der Waals surface area contributed by atoms with Gasteiger partial charge in [0, 0.05) is 5.02 Å². The number of ether oxygens (including phenoxy) is 2. The van der Waals surface area contributed by atoms with Gasteiger partial charge in [-0.15, -0.1) is 0 Å². The van der Waals surface area contributed by atoms with Crippen molar-refractivity contribution in [2.24, 2.45) is 0 Å². The van der Waals surface area contributed by atoms with Gasteiger partial charge in [-0.25, -0.2) is 4.79 Å². The third-order valence-corrected chi connectivity index (χ3v) is 6.70. The lowest BCUT2D eigenvalue weighted by Crippen LogP contribution is -2.37. The highest BCUT2D eigenvalue weighted by molar-refractivity contribution is 8.26. The summed E-state index contributed by atoms with van der Waals surface area (Å²) in [5.74, 6) is -0.183. The fraction of sp³-hybridized carbons (Fsp3) is 0.115. The number of halogens is 1. The maximum atomic E-state index is 13.2. The molecular formula is C26H20ClNO4S2. The highest BCUT2D eigenvalue weighted by atomic mass is 35.5. The minimum atomic E-state index is -0.937. The minimum Gasteiger partial charge on any atom is -0.489 e. The zero-order valence-electron chi connectivity index (χ0n) is 18.1. The molecule has 0 radical (unpaired) electrons. The van der Waals surface area contributed by atoms with Gasteiger partial charge >= 0.3 is 5.97 Å². The Morgan fingerprint density at radius 2 is 1.74 bits per heavy atom. The van der Waals surface area contributed by atoms with Gasteiger partial charge in [-0.2, -0.15) is 0 Å². The molecule has 0 aromatic heterocycles. The largest absolute Gasteiger partial charge is 0.489 e. The van der Waals surface area contributed by atoms with Crippen molar-refractivity contribution >= 4 is 57.9 Å². The molecule has 0 bridgehead atoms. The van der Waals surface area contributed by atoms with Crippen LogP contribution in [-0.2, 0) is 20.9 Å². The molecule has 5 nitrogen and oxygen atoms in total. The maximum absolute atomic E-state index is 13.2. The van der Waals surface area contributed by atoms with Gasteiger partial charge in [0.15, 0.2) is 6.04 Å². The van der Waals surface area contributed by atoms with Crippen LogP contribution in [0.2, 0.25) is 5.02 Å². The zero-order valence-corrected chi connectivity index (χ0v) is 20.5. The third kappa shape index (κ3) is 5.50. The van der Waals surface area contributed by atoms with Crippen LogP contribution >= 0.6 is 35.6 Å². The van der Waals surface area contributed by atoms with E-state index in [1.54, 1.807) is 30.3 Å². The summed E-state index contributed by atoms with van der Waals surface area (Å²) in [6.07, 6.45) is 1.75. The Bertz CT molecular complexity index is 1230. The Morgan fingerprint density at radius 1 is 1.06 bits per heavy atom. The van der Waals surface area contributed by atoms with Crippen LogP contribution in [0.5, 0.6) is 5.75 Å². The van der Waals surface area contributed by atoms with Gasteiger partial charge in [0.25, 0.3) is 5.91 Å². The van der Waals surface area contributed by atoms with E-state index in [2.05, 4.69) is 0 Å². The molecule has 1 atom stereocenters. The molecule has 0 aliphatic carbocycles. The molecule has 4 rings (SSSR count). The van der Waals surface area contributed by atoms with Gasteiger partial charge < -0.3 is 9.47 Å². The molecule has 0 N–H and O–H groups in total. The van der Waals surface area contributed by atoms with Gasteiger partial charge in [0.1, 0.15) is 16.7 Å². The SMILES string of the molecule is COC(=O)C(c1ccccc1)N1C(=O)/C(=C/c2ccc(OCc3ccc(Cl)cc3)cc2)SC1=S. The molecule has 3 aromatic carbocycles. The number of thiocarbonyl (C=S) groups is 1. The molecule has 0 saturated carbocycles. The molecular weight excluding hydrogens is 490 g/mol. The molecule has 1 fully saturated rings. The number of benzene rings is 3. The Morgan fingerprint density at radius 3 is 2.38 bits per heavy atom. The number of methoxy groups -OCH3 is 1. The molecule has 3 aromatic rings. The van der Waals surface area contributed by atoms with Gasteiger partial charge in [0.05, 0.1) is 12.0 Å². The normalized spacial score (nSPS) is 15.5. The summed E-state index contributed by atoms with van der Waals surface area (Å²) in [6.45, 7) is 0.420. The second-order valence-corrected chi connectivity index (χ2v) is 9.48. The van der Waals surface area contributed by atoms with Crippen molar-refractivity contribution in [3.8, 4) is 5.75 Å². The monoisotopic (exact) mass is 509 g/mol. The van der Waals surface area contributed by atoms with E-state index in [4.69, 9.17) is 33.3 Å². The van der Waals surface area contributed by atoms with E-state index >= 15 is 0 Å². The van der Waals surface area contributed by atoms with Crippen molar-refractivity contribution < 1.29 is 19.1 Å². The first kappa shape index (κ1) is 24.0. The summed E-state index contributed by atoms with van der Waals surface area (Å²) in [5.41, 5.74) is 2.46. The number of carbonyl (C=O) groups excluding carboxylic acids is 2. The molecule has 1 saturated heterocycles. The van der Waals surface area contributed by atoms with Crippen LogP contribution in [0.25, 0.3) is 6.08 Å². The molecule has 1 amide bonds. The average Bonchev–Trinajstić information content (AvgIpc) is 3.13. The lowest BCUT2D eigenvalue weighted by Gasteiger charge is -2.24. The molecule has 0 spiro atoms. The van der Waals surface area contributed by atoms with Gasteiger partial charge in [0.2, 0.25) is 0 Å². The summed E-state index contributed by atoms with van der Waals surface area (Å²) in [5, 5.41) is 0.681.